The van der Waals surface area contributed by atoms with Crippen molar-refractivity contribution in [3.63, 3.8) is 0 Å². The van der Waals surface area contributed by atoms with E-state index in [1.165, 1.54) is 0 Å². The highest BCUT2D eigenvalue weighted by Gasteiger charge is 2.57. The van der Waals surface area contributed by atoms with Gasteiger partial charge in [-0.2, -0.15) is 0 Å². The molecule has 0 aromatic carbocycles. The van der Waals surface area contributed by atoms with E-state index in [1.54, 1.807) is 61.5 Å². The van der Waals surface area contributed by atoms with Crippen molar-refractivity contribution in [2.75, 3.05) is 13.2 Å². The lowest BCUT2D eigenvalue weighted by atomic mass is 9.95. The topological polar surface area (TPSA) is 89.5 Å². The number of carbonyl (C=O) groups is 2. The molecule has 0 aromatic rings. The molecular formula is C22H36O8. The molecule has 0 radical (unpaired) electrons. The first-order valence-electron chi connectivity index (χ1n) is 10.3. The van der Waals surface area contributed by atoms with E-state index in [1.807, 2.05) is 0 Å². The van der Waals surface area contributed by atoms with Gasteiger partial charge in [0, 0.05) is 0 Å². The molecule has 2 saturated heterocycles. The standard InChI is InChI=1S/C22H36O8/c1-10-11-25-17-16(28-19(24)21(5,6)7)15-14(29-22(8,9)30-15)13(27-17)12-26-18(23)20(2,3)4/h10,13-17H,1,11-12H2,2-9H3/t13-,14-,15+,16-,17+/m1/s1. The van der Waals surface area contributed by atoms with Crippen LogP contribution in [-0.4, -0.2) is 61.6 Å². The highest BCUT2D eigenvalue weighted by molar-refractivity contribution is 5.76. The first-order valence-corrected chi connectivity index (χ1v) is 10.3. The van der Waals surface area contributed by atoms with Gasteiger partial charge in [-0.25, -0.2) is 0 Å². The summed E-state index contributed by atoms with van der Waals surface area (Å²) in [7, 11) is 0. The van der Waals surface area contributed by atoms with Gasteiger partial charge in [-0.05, 0) is 55.4 Å². The van der Waals surface area contributed by atoms with Crippen LogP contribution in [0.25, 0.3) is 0 Å². The number of carbonyl (C=O) groups excluding carboxylic acids is 2. The molecule has 8 nitrogen and oxygen atoms in total. The van der Waals surface area contributed by atoms with E-state index >= 15 is 0 Å². The molecule has 0 aromatic heterocycles. The number of fused-ring (bicyclic) bond motifs is 1. The van der Waals surface area contributed by atoms with Crippen molar-refractivity contribution in [2.24, 2.45) is 10.8 Å². The fourth-order valence-electron chi connectivity index (χ4n) is 3.07. The Kier molecular flexibility index (Phi) is 7.39. The molecule has 2 rings (SSSR count). The van der Waals surface area contributed by atoms with E-state index in [4.69, 9.17) is 28.4 Å². The van der Waals surface area contributed by atoms with Gasteiger partial charge < -0.3 is 28.4 Å². The van der Waals surface area contributed by atoms with Crippen LogP contribution in [0.5, 0.6) is 0 Å². The molecule has 5 atom stereocenters. The maximum Gasteiger partial charge on any atom is 0.311 e. The molecular weight excluding hydrogens is 392 g/mol. The Morgan fingerprint density at radius 3 is 2.10 bits per heavy atom. The summed E-state index contributed by atoms with van der Waals surface area (Å²) < 4.78 is 35.1. The summed E-state index contributed by atoms with van der Waals surface area (Å²) in [6, 6.07) is 0. The zero-order chi connectivity index (χ0) is 22.9. The summed E-state index contributed by atoms with van der Waals surface area (Å²) >= 11 is 0. The minimum Gasteiger partial charge on any atom is -0.462 e. The van der Waals surface area contributed by atoms with Gasteiger partial charge in [0.05, 0.1) is 17.4 Å². The normalized spacial score (nSPS) is 31.0. The van der Waals surface area contributed by atoms with Gasteiger partial charge >= 0.3 is 11.9 Å². The summed E-state index contributed by atoms with van der Waals surface area (Å²) in [5.74, 6) is -1.69. The third-order valence-electron chi connectivity index (χ3n) is 4.66. The van der Waals surface area contributed by atoms with Gasteiger partial charge in [0.2, 0.25) is 0 Å². The lowest BCUT2D eigenvalue weighted by Crippen LogP contribution is -2.60. The molecule has 0 saturated carbocycles. The largest absolute Gasteiger partial charge is 0.462 e. The van der Waals surface area contributed by atoms with Gasteiger partial charge in [-0.3, -0.25) is 9.59 Å². The number of hydrogen-bond donors (Lipinski definition) is 0. The summed E-state index contributed by atoms with van der Waals surface area (Å²) in [5, 5.41) is 0. The van der Waals surface area contributed by atoms with Crippen LogP contribution >= 0.6 is 0 Å². The van der Waals surface area contributed by atoms with E-state index in [2.05, 4.69) is 6.58 Å². The summed E-state index contributed by atoms with van der Waals surface area (Å²) in [5.41, 5.74) is -1.36. The molecule has 30 heavy (non-hydrogen) atoms. The maximum absolute atomic E-state index is 12.6. The van der Waals surface area contributed by atoms with Crippen molar-refractivity contribution < 1.29 is 38.0 Å². The molecule has 0 amide bonds. The van der Waals surface area contributed by atoms with Crippen LogP contribution in [0.2, 0.25) is 0 Å². The van der Waals surface area contributed by atoms with Crippen LogP contribution < -0.4 is 0 Å². The molecule has 2 heterocycles. The van der Waals surface area contributed by atoms with E-state index < -0.39 is 53.3 Å². The zero-order valence-electron chi connectivity index (χ0n) is 19.4. The first-order chi connectivity index (χ1) is 13.7. The molecule has 2 fully saturated rings. The lowest BCUT2D eigenvalue weighted by Gasteiger charge is -2.41. The van der Waals surface area contributed by atoms with E-state index in [0.29, 0.717) is 0 Å². The second-order valence-corrected chi connectivity index (χ2v) is 10.2. The number of hydrogen-bond acceptors (Lipinski definition) is 8. The van der Waals surface area contributed by atoms with E-state index in [9.17, 15) is 9.59 Å². The summed E-state index contributed by atoms with van der Waals surface area (Å²) in [4.78, 5) is 24.8. The van der Waals surface area contributed by atoms with Gasteiger partial charge in [0.1, 0.15) is 24.9 Å². The molecule has 172 valence electrons. The molecule has 0 bridgehead atoms. The fourth-order valence-corrected chi connectivity index (χ4v) is 3.07. The quantitative estimate of drug-likeness (QED) is 0.471. The maximum atomic E-state index is 12.6. The molecule has 0 aliphatic carbocycles. The van der Waals surface area contributed by atoms with Gasteiger partial charge in [0.25, 0.3) is 0 Å². The Morgan fingerprint density at radius 2 is 1.57 bits per heavy atom. The van der Waals surface area contributed by atoms with Crippen LogP contribution in [0, 0.1) is 10.8 Å². The van der Waals surface area contributed by atoms with Crippen LogP contribution in [0.1, 0.15) is 55.4 Å². The van der Waals surface area contributed by atoms with Crippen LogP contribution in [-0.2, 0) is 38.0 Å². The molecule has 0 N–H and O–H groups in total. The zero-order valence-corrected chi connectivity index (χ0v) is 19.4. The molecule has 8 heteroatoms. The van der Waals surface area contributed by atoms with Crippen molar-refractivity contribution in [3.05, 3.63) is 12.7 Å². The monoisotopic (exact) mass is 428 g/mol. The SMILES string of the molecule is C=CCO[C@H]1O[C@H](COC(=O)C(C)(C)C)[C@H]2OC(C)(C)O[C@@H]2[C@H]1OC(=O)C(C)(C)C. The van der Waals surface area contributed by atoms with Crippen molar-refractivity contribution >= 4 is 11.9 Å². The number of rotatable bonds is 6. The Hall–Kier alpha value is -1.48. The van der Waals surface area contributed by atoms with Gasteiger partial charge in [-0.15, -0.1) is 6.58 Å². The van der Waals surface area contributed by atoms with Crippen LogP contribution in [0.3, 0.4) is 0 Å². The third kappa shape index (κ3) is 6.03. The summed E-state index contributed by atoms with van der Waals surface area (Å²) in [6.07, 6.45) is -2.10. The van der Waals surface area contributed by atoms with E-state index in [-0.39, 0.29) is 19.2 Å². The Balaban J connectivity index is 2.26. The van der Waals surface area contributed by atoms with E-state index in [0.717, 1.165) is 0 Å². The Bertz CT molecular complexity index is 643. The third-order valence-corrected chi connectivity index (χ3v) is 4.66. The van der Waals surface area contributed by atoms with Gasteiger partial charge in [0.15, 0.2) is 18.2 Å². The predicted molar refractivity (Wildman–Crippen MR) is 108 cm³/mol. The average Bonchev–Trinajstić information content (AvgIpc) is 2.93. The van der Waals surface area contributed by atoms with Crippen molar-refractivity contribution in [3.8, 4) is 0 Å². The minimum absolute atomic E-state index is 0.0371. The second kappa shape index (κ2) is 8.94. The minimum atomic E-state index is -0.926. The van der Waals surface area contributed by atoms with Crippen molar-refractivity contribution in [1.82, 2.24) is 0 Å². The molecule has 2 aliphatic heterocycles. The lowest BCUT2D eigenvalue weighted by molar-refractivity contribution is -0.286. The predicted octanol–water partition coefficient (Wildman–Crippen LogP) is 2.98. The van der Waals surface area contributed by atoms with Crippen molar-refractivity contribution in [1.29, 1.82) is 0 Å². The Labute approximate surface area is 179 Å². The number of esters is 2. The molecule has 0 unspecified atom stereocenters. The second-order valence-electron chi connectivity index (χ2n) is 10.2. The van der Waals surface area contributed by atoms with Crippen molar-refractivity contribution in [2.45, 2.75) is 91.9 Å². The Morgan fingerprint density at radius 1 is 1.00 bits per heavy atom. The van der Waals surface area contributed by atoms with Crippen LogP contribution in [0.15, 0.2) is 12.7 Å². The van der Waals surface area contributed by atoms with Crippen LogP contribution in [0.4, 0.5) is 0 Å². The first kappa shape index (κ1) is 24.8. The molecule has 0 spiro atoms. The average molecular weight is 429 g/mol. The number of ether oxygens (including phenoxy) is 6. The highest BCUT2D eigenvalue weighted by Crippen LogP contribution is 2.40. The molecule has 2 aliphatic rings. The van der Waals surface area contributed by atoms with Gasteiger partial charge in [-0.1, -0.05) is 6.08 Å². The fraction of sp³-hybridized carbons (Fsp3) is 0.818. The smallest absolute Gasteiger partial charge is 0.311 e. The highest BCUT2D eigenvalue weighted by atomic mass is 16.8. The summed E-state index contributed by atoms with van der Waals surface area (Å²) in [6.45, 7) is 18.0.